The number of amides is 1. The predicted molar refractivity (Wildman–Crippen MR) is 142 cm³/mol. The molecule has 0 aromatic heterocycles. The number of benzene rings is 1. The van der Waals surface area contributed by atoms with Gasteiger partial charge in [-0.25, -0.2) is 4.79 Å². The van der Waals surface area contributed by atoms with Gasteiger partial charge >= 0.3 is 12.3 Å². The summed E-state index contributed by atoms with van der Waals surface area (Å²) >= 11 is 2.20. The first-order chi connectivity index (χ1) is 15.7. The summed E-state index contributed by atoms with van der Waals surface area (Å²) in [7, 11) is 2.72. The van der Waals surface area contributed by atoms with Crippen molar-refractivity contribution in [2.45, 2.75) is 78.4 Å². The summed E-state index contributed by atoms with van der Waals surface area (Å²) in [5.41, 5.74) is 7.91. The van der Waals surface area contributed by atoms with Gasteiger partial charge in [-0.05, 0) is 58.4 Å². The molecule has 6 nitrogen and oxygen atoms in total. The van der Waals surface area contributed by atoms with Crippen molar-refractivity contribution in [3.8, 4) is 11.2 Å². The van der Waals surface area contributed by atoms with Crippen LogP contribution in [-0.2, 0) is 16.8 Å². The zero-order valence-corrected chi connectivity index (χ0v) is 23.5. The second kappa shape index (κ2) is 17.3. The number of halogens is 4. The Hall–Kier alpha value is -1.20. The lowest BCUT2D eigenvalue weighted by Crippen LogP contribution is -2.57. The molecule has 1 aromatic rings. The van der Waals surface area contributed by atoms with Crippen molar-refractivity contribution in [3.63, 3.8) is 0 Å². The number of rotatable bonds is 7. The van der Waals surface area contributed by atoms with E-state index in [1.807, 2.05) is 13.8 Å². The highest BCUT2D eigenvalue weighted by Crippen LogP contribution is 2.32. The Balaban J connectivity index is 0. The molecule has 1 aromatic carbocycles. The number of alkyl halides is 3. The summed E-state index contributed by atoms with van der Waals surface area (Å²) in [6.45, 7) is 10.6. The highest BCUT2D eigenvalue weighted by Gasteiger charge is 2.50. The third-order valence-corrected chi connectivity index (χ3v) is 5.22. The number of nitrogens with two attached hydrogens (primary N) is 2. The Bertz CT molecular complexity index is 765. The molecule has 196 valence electrons. The van der Waals surface area contributed by atoms with Crippen LogP contribution in [0.2, 0.25) is 0 Å². The van der Waals surface area contributed by atoms with Gasteiger partial charge in [0.05, 0.1) is 7.11 Å². The van der Waals surface area contributed by atoms with E-state index in [1.165, 1.54) is 37.1 Å². The Labute approximate surface area is 217 Å². The first-order valence-electron chi connectivity index (χ1n) is 10.8. The van der Waals surface area contributed by atoms with Crippen LogP contribution in [0.15, 0.2) is 24.3 Å². The van der Waals surface area contributed by atoms with Crippen LogP contribution in [0.1, 0.15) is 65.0 Å². The highest BCUT2D eigenvalue weighted by molar-refractivity contribution is 14.2. The molecule has 1 rings (SSSR count). The van der Waals surface area contributed by atoms with Gasteiger partial charge in [0.25, 0.3) is 0 Å². The van der Waals surface area contributed by atoms with Crippen molar-refractivity contribution in [1.29, 1.82) is 0 Å². The average molecular weight is 620 g/mol. The van der Waals surface area contributed by atoms with E-state index in [2.05, 4.69) is 63.2 Å². The predicted octanol–water partition coefficient (Wildman–Crippen LogP) is 5.81. The molecule has 0 saturated carbocycles. The van der Waals surface area contributed by atoms with Crippen LogP contribution in [0.5, 0.6) is 0 Å². The molecule has 0 spiro atoms. The molecule has 6 N–H and O–H groups in total. The second-order valence-corrected chi connectivity index (χ2v) is 9.37. The van der Waals surface area contributed by atoms with Crippen LogP contribution in [-0.4, -0.2) is 30.7 Å². The van der Waals surface area contributed by atoms with Gasteiger partial charge in [-0.3, -0.25) is 5.32 Å². The van der Waals surface area contributed by atoms with Gasteiger partial charge in [-0.15, -0.1) is 0 Å². The molecule has 11 heteroatoms. The maximum Gasteiger partial charge on any atom is 0.423 e. The minimum atomic E-state index is -4.77. The number of alkyl carbamates (subject to hydrolysis) is 1. The summed E-state index contributed by atoms with van der Waals surface area (Å²) in [4.78, 5) is 10.9. The van der Waals surface area contributed by atoms with Crippen LogP contribution in [0.25, 0.3) is 0 Å². The molecule has 1 amide bonds. The summed E-state index contributed by atoms with van der Waals surface area (Å²) < 4.78 is 42.4. The molecule has 34 heavy (non-hydrogen) atoms. The number of carbonyl (C=O) groups is 1. The zero-order valence-electron chi connectivity index (χ0n) is 20.6. The fraction of sp³-hybridized carbons (Fsp3) is 0.609. The number of hydrogen-bond acceptors (Lipinski definition) is 6. The zero-order chi connectivity index (χ0) is 27.0. The standard InChI is InChI=1S/C13H18F3N3O3.C8H13IS.C2H6/c1-22-11(21)19-10(20)7-4-8-2-5-9(6-3-8)12(17,18)13(14,15)16;1-4-5-8(2,3)6-7-10-9;1-2/h2-3,5-6,10,20H,4,7,17-18H2,1H3,(H,19,21);4-5H2,1-3H3;1-2H3/t10-;;/m0../s1. The van der Waals surface area contributed by atoms with E-state index in [9.17, 15) is 23.1 Å². The van der Waals surface area contributed by atoms with Gasteiger partial charge < -0.3 is 21.3 Å². The van der Waals surface area contributed by atoms with E-state index in [-0.39, 0.29) is 17.4 Å². The maximum absolute atomic E-state index is 12.7. The Morgan fingerprint density at radius 2 is 1.76 bits per heavy atom. The number of carbonyl (C=O) groups excluding carboxylic acids is 1. The maximum atomic E-state index is 12.7. The number of hydrogen-bond donors (Lipinski definition) is 4. The minimum absolute atomic E-state index is 0.171. The lowest BCUT2D eigenvalue weighted by Gasteiger charge is -2.27. The molecule has 1 atom stereocenters. The molecule has 0 unspecified atom stereocenters. The van der Waals surface area contributed by atoms with E-state index in [4.69, 9.17) is 11.5 Å². The number of aryl methyl sites for hydroxylation is 1. The molecule has 0 fully saturated rings. The van der Waals surface area contributed by atoms with Crippen molar-refractivity contribution in [2.75, 3.05) is 7.11 Å². The van der Waals surface area contributed by atoms with Crippen molar-refractivity contribution < 1.29 is 27.8 Å². The molecule has 0 heterocycles. The second-order valence-electron chi connectivity index (χ2n) is 7.69. The quantitative estimate of drug-likeness (QED) is 0.174. The number of aliphatic hydroxyl groups excluding tert-OH is 1. The largest absolute Gasteiger partial charge is 0.453 e. The number of aliphatic hydroxyl groups is 1. The highest BCUT2D eigenvalue weighted by atomic mass is 127. The minimum Gasteiger partial charge on any atom is -0.453 e. The molecular weight excluding hydrogens is 582 g/mol. The molecule has 0 bridgehead atoms. The lowest BCUT2D eigenvalue weighted by atomic mass is 9.89. The third-order valence-electron chi connectivity index (χ3n) is 4.38. The van der Waals surface area contributed by atoms with Gasteiger partial charge in [0.15, 0.2) is 5.66 Å². The summed E-state index contributed by atoms with van der Waals surface area (Å²) in [6.07, 6.45) is -3.75. The monoisotopic (exact) mass is 619 g/mol. The Kier molecular flexibility index (Phi) is 17.8. The summed E-state index contributed by atoms with van der Waals surface area (Å²) in [5.74, 6) is 3.22. The van der Waals surface area contributed by atoms with Crippen LogP contribution >= 0.6 is 30.1 Å². The van der Waals surface area contributed by atoms with Crippen molar-refractivity contribution in [3.05, 3.63) is 35.4 Å². The van der Waals surface area contributed by atoms with Crippen molar-refractivity contribution >= 4 is 36.2 Å². The van der Waals surface area contributed by atoms with Crippen molar-refractivity contribution in [2.24, 2.45) is 16.9 Å². The average Bonchev–Trinajstić information content (AvgIpc) is 2.77. The van der Waals surface area contributed by atoms with Crippen LogP contribution in [0.3, 0.4) is 0 Å². The topological polar surface area (TPSA) is 111 Å². The first kappa shape index (κ1) is 35.0. The third kappa shape index (κ3) is 14.3. The Morgan fingerprint density at radius 3 is 2.18 bits per heavy atom. The molecule has 0 radical (unpaired) electrons. The van der Waals surface area contributed by atoms with E-state index in [1.54, 1.807) is 8.93 Å². The molecule has 0 saturated heterocycles. The summed E-state index contributed by atoms with van der Waals surface area (Å²) in [5, 5.41) is 14.7. The van der Waals surface area contributed by atoms with E-state index in [0.717, 1.165) is 7.11 Å². The first-order valence-corrected chi connectivity index (χ1v) is 14.1. The van der Waals surface area contributed by atoms with Gasteiger partial charge in [-0.2, -0.15) is 13.2 Å². The molecule has 0 aliphatic heterocycles. The molecule has 0 aliphatic carbocycles. The van der Waals surface area contributed by atoms with Gasteiger partial charge in [0.2, 0.25) is 0 Å². The summed E-state index contributed by atoms with van der Waals surface area (Å²) in [6, 6.07) is 5.23. The fourth-order valence-electron chi connectivity index (χ4n) is 2.53. The number of nitrogens with one attached hydrogen (secondary N) is 1. The van der Waals surface area contributed by atoms with Crippen molar-refractivity contribution in [1.82, 2.24) is 5.32 Å². The van der Waals surface area contributed by atoms with Crippen LogP contribution in [0.4, 0.5) is 18.0 Å². The van der Waals surface area contributed by atoms with Gasteiger partial charge in [-0.1, -0.05) is 57.4 Å². The lowest BCUT2D eigenvalue weighted by molar-refractivity contribution is -0.188. The van der Waals surface area contributed by atoms with Gasteiger partial charge in [0.1, 0.15) is 6.23 Å². The molecular formula is C23H37F3IN3O3S. The number of ether oxygens (including phenoxy) is 1. The Morgan fingerprint density at radius 1 is 1.24 bits per heavy atom. The van der Waals surface area contributed by atoms with E-state index >= 15 is 0 Å². The van der Waals surface area contributed by atoms with E-state index in [0.29, 0.717) is 12.0 Å². The SMILES string of the molecule is CC.CCCC(C)(C)C#CSI.COC(=O)N[C@@H](O)CCc1ccc(C(N)(N)C(F)(F)F)cc1. The molecule has 0 aliphatic rings. The smallest absolute Gasteiger partial charge is 0.423 e. The van der Waals surface area contributed by atoms with Crippen LogP contribution < -0.4 is 16.8 Å². The fourth-order valence-corrected chi connectivity index (χ4v) is 3.17. The number of methoxy groups -OCH3 is 1. The van der Waals surface area contributed by atoms with E-state index < -0.39 is 24.2 Å². The van der Waals surface area contributed by atoms with Gasteiger partial charge in [0, 0.05) is 26.6 Å². The normalized spacial score (nSPS) is 12.0. The van der Waals surface area contributed by atoms with Crippen LogP contribution in [0, 0.1) is 16.6 Å².